The molecule has 0 fully saturated rings. The van der Waals surface area contributed by atoms with Gasteiger partial charge in [-0.05, 0) is 18.9 Å². The van der Waals surface area contributed by atoms with E-state index < -0.39 is 0 Å². The van der Waals surface area contributed by atoms with Gasteiger partial charge in [-0.2, -0.15) is 0 Å². The van der Waals surface area contributed by atoms with Gasteiger partial charge >= 0.3 is 0 Å². The molecule has 1 aromatic rings. The SMILES string of the molecule is CCCCCCCCc1ccc[n+](CCC)c1. The zero-order chi connectivity index (χ0) is 12.3. The number of rotatable bonds is 9. The molecule has 0 unspecified atom stereocenters. The molecule has 0 saturated heterocycles. The van der Waals surface area contributed by atoms with Crippen LogP contribution >= 0.6 is 0 Å². The van der Waals surface area contributed by atoms with Gasteiger partial charge in [-0.15, -0.1) is 0 Å². The lowest BCUT2D eigenvalue weighted by Gasteiger charge is -2.01. The molecule has 0 saturated carbocycles. The minimum Gasteiger partial charge on any atom is -0.205 e. The van der Waals surface area contributed by atoms with Crippen LogP contribution in [0.5, 0.6) is 0 Å². The molecule has 0 aliphatic rings. The smallest absolute Gasteiger partial charge is 0.171 e. The Kier molecular flexibility index (Phi) is 7.70. The molecule has 0 aliphatic heterocycles. The second-order valence-corrected chi connectivity index (χ2v) is 4.97. The summed E-state index contributed by atoms with van der Waals surface area (Å²) in [6.07, 6.45) is 15.3. The molecule has 0 N–H and O–H groups in total. The molecule has 0 bridgehead atoms. The van der Waals surface area contributed by atoms with Crippen molar-refractivity contribution >= 4 is 0 Å². The predicted molar refractivity (Wildman–Crippen MR) is 74.0 cm³/mol. The van der Waals surface area contributed by atoms with Crippen molar-refractivity contribution < 1.29 is 4.57 Å². The molecule has 0 radical (unpaired) electrons. The Labute approximate surface area is 107 Å². The summed E-state index contributed by atoms with van der Waals surface area (Å²) in [6, 6.07) is 4.44. The summed E-state index contributed by atoms with van der Waals surface area (Å²) < 4.78 is 2.31. The average Bonchev–Trinajstić information content (AvgIpc) is 2.35. The van der Waals surface area contributed by atoms with Crippen LogP contribution < -0.4 is 4.57 Å². The Morgan fingerprint density at radius 1 is 0.941 bits per heavy atom. The van der Waals surface area contributed by atoms with Crippen LogP contribution in [0.25, 0.3) is 0 Å². The van der Waals surface area contributed by atoms with Crippen molar-refractivity contribution in [2.24, 2.45) is 0 Å². The summed E-state index contributed by atoms with van der Waals surface area (Å²) in [7, 11) is 0. The van der Waals surface area contributed by atoms with Crippen molar-refractivity contribution in [3.8, 4) is 0 Å². The van der Waals surface area contributed by atoms with Crippen molar-refractivity contribution in [3.63, 3.8) is 0 Å². The van der Waals surface area contributed by atoms with E-state index in [0.717, 1.165) is 6.54 Å². The van der Waals surface area contributed by atoms with Gasteiger partial charge in [-0.3, -0.25) is 0 Å². The van der Waals surface area contributed by atoms with Crippen LogP contribution in [0.1, 0.15) is 64.4 Å². The van der Waals surface area contributed by atoms with Crippen molar-refractivity contribution in [1.29, 1.82) is 0 Å². The van der Waals surface area contributed by atoms with Gasteiger partial charge in [0.15, 0.2) is 12.4 Å². The Morgan fingerprint density at radius 3 is 2.47 bits per heavy atom. The van der Waals surface area contributed by atoms with Crippen molar-refractivity contribution in [2.45, 2.75) is 71.8 Å². The van der Waals surface area contributed by atoms with Gasteiger partial charge in [0, 0.05) is 18.1 Å². The lowest BCUT2D eigenvalue weighted by atomic mass is 10.1. The fourth-order valence-electron chi connectivity index (χ4n) is 2.23. The highest BCUT2D eigenvalue weighted by molar-refractivity contribution is 5.05. The predicted octanol–water partition coefficient (Wildman–Crippen LogP) is 4.29. The van der Waals surface area contributed by atoms with Gasteiger partial charge in [0.2, 0.25) is 0 Å². The quantitative estimate of drug-likeness (QED) is 0.443. The molecule has 0 amide bonds. The summed E-state index contributed by atoms with van der Waals surface area (Å²) in [5.41, 5.74) is 1.50. The molecule has 1 aromatic heterocycles. The van der Waals surface area contributed by atoms with Gasteiger partial charge in [0.25, 0.3) is 0 Å². The molecule has 0 aromatic carbocycles. The van der Waals surface area contributed by atoms with E-state index >= 15 is 0 Å². The third-order valence-corrected chi connectivity index (χ3v) is 3.22. The molecule has 17 heavy (non-hydrogen) atoms. The monoisotopic (exact) mass is 234 g/mol. The maximum absolute atomic E-state index is 2.32. The van der Waals surface area contributed by atoms with Gasteiger partial charge in [0.1, 0.15) is 6.54 Å². The molecular formula is C16H28N+. The molecule has 0 aliphatic carbocycles. The van der Waals surface area contributed by atoms with Crippen molar-refractivity contribution in [2.75, 3.05) is 0 Å². The first-order chi connectivity index (χ1) is 8.36. The third kappa shape index (κ3) is 6.45. The molecular weight excluding hydrogens is 206 g/mol. The first kappa shape index (κ1) is 14.2. The van der Waals surface area contributed by atoms with Crippen LogP contribution in [0.15, 0.2) is 24.5 Å². The average molecular weight is 234 g/mol. The molecule has 96 valence electrons. The van der Waals surface area contributed by atoms with E-state index in [1.807, 2.05) is 0 Å². The number of pyridine rings is 1. The van der Waals surface area contributed by atoms with E-state index in [0.29, 0.717) is 0 Å². The maximum atomic E-state index is 2.32. The maximum Gasteiger partial charge on any atom is 0.171 e. The van der Waals surface area contributed by atoms with E-state index in [-0.39, 0.29) is 0 Å². The highest BCUT2D eigenvalue weighted by Crippen LogP contribution is 2.08. The van der Waals surface area contributed by atoms with Gasteiger partial charge in [-0.1, -0.05) is 46.0 Å². The van der Waals surface area contributed by atoms with Crippen LogP contribution in [0, 0.1) is 0 Å². The van der Waals surface area contributed by atoms with E-state index in [9.17, 15) is 0 Å². The highest BCUT2D eigenvalue weighted by Gasteiger charge is 2.01. The number of hydrogen-bond donors (Lipinski definition) is 0. The van der Waals surface area contributed by atoms with Crippen LogP contribution in [-0.2, 0) is 13.0 Å². The second kappa shape index (κ2) is 9.21. The van der Waals surface area contributed by atoms with Gasteiger partial charge < -0.3 is 0 Å². The van der Waals surface area contributed by atoms with E-state index in [4.69, 9.17) is 0 Å². The van der Waals surface area contributed by atoms with Crippen LogP contribution in [0.4, 0.5) is 0 Å². The summed E-state index contributed by atoms with van der Waals surface area (Å²) in [5.74, 6) is 0. The largest absolute Gasteiger partial charge is 0.205 e. The van der Waals surface area contributed by atoms with Crippen molar-refractivity contribution in [1.82, 2.24) is 0 Å². The van der Waals surface area contributed by atoms with E-state index in [1.54, 1.807) is 0 Å². The van der Waals surface area contributed by atoms with E-state index in [1.165, 1.54) is 56.9 Å². The van der Waals surface area contributed by atoms with Crippen LogP contribution in [0.3, 0.4) is 0 Å². The Balaban J connectivity index is 2.19. The lowest BCUT2D eigenvalue weighted by Crippen LogP contribution is -2.32. The molecule has 1 heterocycles. The fraction of sp³-hybridized carbons (Fsp3) is 0.688. The standard InChI is InChI=1S/C16H28N/c1-3-5-6-7-8-9-11-16-12-10-14-17(15-16)13-4-2/h10,12,14-15H,3-9,11,13H2,1-2H3/q+1. The van der Waals surface area contributed by atoms with E-state index in [2.05, 4.69) is 42.9 Å². The normalized spacial score (nSPS) is 10.7. The van der Waals surface area contributed by atoms with Crippen LogP contribution in [-0.4, -0.2) is 0 Å². The number of hydrogen-bond acceptors (Lipinski definition) is 0. The van der Waals surface area contributed by atoms with Gasteiger partial charge in [0.05, 0.1) is 0 Å². The highest BCUT2D eigenvalue weighted by atomic mass is 14.9. The third-order valence-electron chi connectivity index (χ3n) is 3.22. The Bertz CT molecular complexity index is 293. The summed E-state index contributed by atoms with van der Waals surface area (Å²) >= 11 is 0. The molecule has 1 rings (SSSR count). The zero-order valence-corrected chi connectivity index (χ0v) is 11.6. The Hall–Kier alpha value is -0.850. The lowest BCUT2D eigenvalue weighted by molar-refractivity contribution is -0.697. The summed E-state index contributed by atoms with van der Waals surface area (Å²) in [6.45, 7) is 5.65. The second-order valence-electron chi connectivity index (χ2n) is 4.97. The number of aromatic nitrogens is 1. The molecule has 1 nitrogen and oxygen atoms in total. The first-order valence-electron chi connectivity index (χ1n) is 7.34. The number of unbranched alkanes of at least 4 members (excludes halogenated alkanes) is 5. The van der Waals surface area contributed by atoms with Crippen LogP contribution in [0.2, 0.25) is 0 Å². The Morgan fingerprint density at radius 2 is 1.71 bits per heavy atom. The fourth-order valence-corrected chi connectivity index (χ4v) is 2.23. The molecule has 0 spiro atoms. The first-order valence-corrected chi connectivity index (χ1v) is 7.34. The zero-order valence-electron chi connectivity index (χ0n) is 11.6. The van der Waals surface area contributed by atoms with Gasteiger partial charge in [-0.25, -0.2) is 4.57 Å². The minimum absolute atomic E-state index is 1.14. The summed E-state index contributed by atoms with van der Waals surface area (Å²) in [4.78, 5) is 0. The molecule has 1 heteroatoms. The number of nitrogens with zero attached hydrogens (tertiary/aromatic N) is 1. The summed E-state index contributed by atoms with van der Waals surface area (Å²) in [5, 5.41) is 0. The van der Waals surface area contributed by atoms with Crippen molar-refractivity contribution in [3.05, 3.63) is 30.1 Å². The number of aryl methyl sites for hydroxylation is 2. The topological polar surface area (TPSA) is 3.88 Å². The minimum atomic E-state index is 1.14. The molecule has 0 atom stereocenters.